The van der Waals surface area contributed by atoms with E-state index in [1.165, 1.54) is 5.92 Å². The highest BCUT2D eigenvalue weighted by Gasteiger charge is 2.23. The molecule has 0 saturated carbocycles. The number of rotatable bonds is 11. The average molecular weight is 499 g/mol. The van der Waals surface area contributed by atoms with Crippen molar-refractivity contribution in [3.63, 3.8) is 0 Å². The Hall–Kier alpha value is -3.73. The third-order valence-electron chi connectivity index (χ3n) is 5.44. The van der Waals surface area contributed by atoms with Crippen LogP contribution < -0.4 is 4.74 Å². The van der Waals surface area contributed by atoms with Crippen molar-refractivity contribution in [1.29, 1.82) is 0 Å². The number of carbonyl (C=O) groups excluding carboxylic acids is 1. The lowest BCUT2D eigenvalue weighted by Crippen LogP contribution is -2.07. The zero-order valence-electron chi connectivity index (χ0n) is 20.4. The second-order valence-corrected chi connectivity index (χ2v) is 8.21. The van der Waals surface area contributed by atoms with E-state index in [9.17, 15) is 18.0 Å². The van der Waals surface area contributed by atoms with Gasteiger partial charge in [-0.05, 0) is 51.3 Å². The minimum absolute atomic E-state index is 0.167. The number of imidazole rings is 1. The van der Waals surface area contributed by atoms with Crippen molar-refractivity contribution in [2.24, 2.45) is 0 Å². The molecule has 0 unspecified atom stereocenters. The highest BCUT2D eigenvalue weighted by molar-refractivity contribution is 5.69. The van der Waals surface area contributed by atoms with Gasteiger partial charge in [0.2, 0.25) is 0 Å². The molecular weight excluding hydrogens is 469 g/mol. The van der Waals surface area contributed by atoms with Gasteiger partial charge >= 0.3 is 12.1 Å². The zero-order chi connectivity index (χ0) is 26.0. The van der Waals surface area contributed by atoms with Crippen LogP contribution in [0.25, 0.3) is 11.4 Å². The Labute approximate surface area is 209 Å². The fourth-order valence-corrected chi connectivity index (χ4v) is 3.65. The first-order valence-electron chi connectivity index (χ1n) is 11.9. The van der Waals surface area contributed by atoms with Crippen LogP contribution in [0.4, 0.5) is 13.2 Å². The van der Waals surface area contributed by atoms with E-state index in [1.54, 1.807) is 37.4 Å². The van der Waals surface area contributed by atoms with Gasteiger partial charge in [-0.2, -0.15) is 13.2 Å². The second-order valence-electron chi connectivity index (χ2n) is 8.21. The quantitative estimate of drug-likeness (QED) is 0.176. The standard InChI is InChI=1S/C28H29F3N2O3/c1-3-35-26(34)11-5-4-8-18-36-25-10-7-6-9-24(25)20-33-21(2)19-32-27(33)23-14-12-22(13-15-23)16-17-28(29,30)31/h6-7,9-10,12-15,19H,3-5,8,11,18,20H2,1-2H3. The van der Waals surface area contributed by atoms with Crippen molar-refractivity contribution >= 4 is 5.97 Å². The summed E-state index contributed by atoms with van der Waals surface area (Å²) < 4.78 is 50.1. The van der Waals surface area contributed by atoms with Crippen molar-refractivity contribution in [2.75, 3.05) is 13.2 Å². The van der Waals surface area contributed by atoms with Gasteiger partial charge < -0.3 is 14.0 Å². The third kappa shape index (κ3) is 8.19. The lowest BCUT2D eigenvalue weighted by molar-refractivity contribution is -0.143. The Bertz CT molecular complexity index is 1210. The van der Waals surface area contributed by atoms with Crippen LogP contribution in [-0.2, 0) is 16.1 Å². The Morgan fingerprint density at radius 1 is 1.06 bits per heavy atom. The van der Waals surface area contributed by atoms with E-state index in [-0.39, 0.29) is 11.5 Å². The number of alkyl halides is 3. The summed E-state index contributed by atoms with van der Waals surface area (Å²) in [5.41, 5.74) is 2.99. The van der Waals surface area contributed by atoms with E-state index in [2.05, 4.69) is 10.9 Å². The minimum atomic E-state index is -4.52. The van der Waals surface area contributed by atoms with Crippen LogP contribution in [-0.4, -0.2) is 34.9 Å². The first-order chi connectivity index (χ1) is 17.3. The maximum atomic E-state index is 12.4. The number of esters is 1. The molecule has 1 aromatic heterocycles. The molecule has 0 aliphatic heterocycles. The first kappa shape index (κ1) is 26.9. The summed E-state index contributed by atoms with van der Waals surface area (Å²) in [6.07, 6.45) is 0.122. The Morgan fingerprint density at radius 3 is 2.53 bits per heavy atom. The molecule has 0 aliphatic carbocycles. The number of halogens is 3. The van der Waals surface area contributed by atoms with Gasteiger partial charge in [-0.15, -0.1) is 0 Å². The normalized spacial score (nSPS) is 11.0. The molecule has 0 fully saturated rings. The zero-order valence-corrected chi connectivity index (χ0v) is 20.4. The summed E-state index contributed by atoms with van der Waals surface area (Å²) in [7, 11) is 0. The molecule has 0 amide bonds. The molecule has 190 valence electrons. The van der Waals surface area contributed by atoms with Crippen molar-refractivity contribution in [3.05, 3.63) is 71.5 Å². The van der Waals surface area contributed by atoms with E-state index >= 15 is 0 Å². The average Bonchev–Trinajstić information content (AvgIpc) is 3.21. The van der Waals surface area contributed by atoms with Gasteiger partial charge in [-0.1, -0.05) is 36.3 Å². The van der Waals surface area contributed by atoms with E-state index < -0.39 is 6.18 Å². The van der Waals surface area contributed by atoms with E-state index in [0.29, 0.717) is 32.0 Å². The van der Waals surface area contributed by atoms with Crippen LogP contribution in [0.2, 0.25) is 0 Å². The monoisotopic (exact) mass is 498 g/mol. The van der Waals surface area contributed by atoms with Gasteiger partial charge in [-0.25, -0.2) is 4.98 Å². The summed E-state index contributed by atoms with van der Waals surface area (Å²) >= 11 is 0. The molecule has 0 spiro atoms. The fourth-order valence-electron chi connectivity index (χ4n) is 3.65. The van der Waals surface area contributed by atoms with Crippen LogP contribution in [0.1, 0.15) is 49.4 Å². The molecule has 8 heteroatoms. The van der Waals surface area contributed by atoms with Gasteiger partial charge in [0.15, 0.2) is 0 Å². The fraction of sp³-hybridized carbons (Fsp3) is 0.357. The molecule has 0 N–H and O–H groups in total. The molecular formula is C28H29F3N2O3. The number of ether oxygens (including phenoxy) is 2. The maximum Gasteiger partial charge on any atom is 0.458 e. The molecule has 0 saturated heterocycles. The third-order valence-corrected chi connectivity index (χ3v) is 5.44. The number of unbranched alkanes of at least 4 members (excludes halogenated alkanes) is 2. The number of aromatic nitrogens is 2. The van der Waals surface area contributed by atoms with Crippen molar-refractivity contribution in [2.45, 2.75) is 52.3 Å². The topological polar surface area (TPSA) is 53.4 Å². The van der Waals surface area contributed by atoms with E-state index in [1.807, 2.05) is 35.8 Å². The minimum Gasteiger partial charge on any atom is -0.493 e. The Kier molecular flexibility index (Phi) is 9.57. The van der Waals surface area contributed by atoms with Gasteiger partial charge in [-0.3, -0.25) is 4.79 Å². The number of hydrogen-bond donors (Lipinski definition) is 0. The van der Waals surface area contributed by atoms with Gasteiger partial charge in [0.1, 0.15) is 11.6 Å². The van der Waals surface area contributed by atoms with Crippen LogP contribution in [0, 0.1) is 18.8 Å². The molecule has 1 heterocycles. The number of benzene rings is 2. The summed E-state index contributed by atoms with van der Waals surface area (Å²) in [4.78, 5) is 15.9. The maximum absolute atomic E-state index is 12.4. The number of hydrogen-bond acceptors (Lipinski definition) is 4. The number of carbonyl (C=O) groups is 1. The summed E-state index contributed by atoms with van der Waals surface area (Å²) in [5, 5.41) is 0. The molecule has 36 heavy (non-hydrogen) atoms. The summed E-state index contributed by atoms with van der Waals surface area (Å²) in [5.74, 6) is 4.73. The molecule has 2 aromatic carbocycles. The predicted octanol–water partition coefficient (Wildman–Crippen LogP) is 6.32. The number of nitrogens with zero attached hydrogens (tertiary/aromatic N) is 2. The Balaban J connectivity index is 1.65. The van der Waals surface area contributed by atoms with Crippen molar-refractivity contribution < 1.29 is 27.4 Å². The van der Waals surface area contributed by atoms with Crippen LogP contribution in [0.15, 0.2) is 54.7 Å². The van der Waals surface area contributed by atoms with Crippen LogP contribution >= 0.6 is 0 Å². The number of aryl methyl sites for hydroxylation is 1. The van der Waals surface area contributed by atoms with Gasteiger partial charge in [0.05, 0.1) is 19.8 Å². The van der Waals surface area contributed by atoms with Crippen LogP contribution in [0.3, 0.4) is 0 Å². The lowest BCUT2D eigenvalue weighted by atomic mass is 10.1. The SMILES string of the molecule is CCOC(=O)CCCCCOc1ccccc1Cn1c(C)cnc1-c1ccc(C#CC(F)(F)F)cc1. The van der Waals surface area contributed by atoms with Crippen molar-refractivity contribution in [3.8, 4) is 29.0 Å². The summed E-state index contributed by atoms with van der Waals surface area (Å²) in [6.45, 7) is 5.21. The van der Waals surface area contributed by atoms with Crippen molar-refractivity contribution in [1.82, 2.24) is 9.55 Å². The van der Waals surface area contributed by atoms with Crippen LogP contribution in [0.5, 0.6) is 5.75 Å². The molecule has 0 atom stereocenters. The molecule has 0 radical (unpaired) electrons. The lowest BCUT2D eigenvalue weighted by Gasteiger charge is -2.15. The molecule has 0 bridgehead atoms. The largest absolute Gasteiger partial charge is 0.493 e. The van der Waals surface area contributed by atoms with E-state index in [0.717, 1.165) is 41.8 Å². The highest BCUT2D eigenvalue weighted by Crippen LogP contribution is 2.25. The van der Waals surface area contributed by atoms with E-state index in [4.69, 9.17) is 9.47 Å². The smallest absolute Gasteiger partial charge is 0.458 e. The molecule has 0 aliphatic rings. The highest BCUT2D eigenvalue weighted by atomic mass is 19.4. The van der Waals surface area contributed by atoms with Gasteiger partial charge in [0, 0.05) is 40.9 Å². The van der Waals surface area contributed by atoms with Gasteiger partial charge in [0.25, 0.3) is 0 Å². The Morgan fingerprint density at radius 2 is 1.81 bits per heavy atom. The molecule has 3 aromatic rings. The molecule has 3 rings (SSSR count). The number of para-hydroxylation sites is 1. The predicted molar refractivity (Wildman–Crippen MR) is 131 cm³/mol. The molecule has 5 nitrogen and oxygen atoms in total. The summed E-state index contributed by atoms with van der Waals surface area (Å²) in [6, 6.07) is 14.3. The first-order valence-corrected chi connectivity index (χ1v) is 11.9. The second kappa shape index (κ2) is 12.8.